The number of rotatable bonds is 4. The fourth-order valence-electron chi connectivity index (χ4n) is 3.80. The maximum atomic E-state index is 13.0. The Morgan fingerprint density at radius 2 is 1.90 bits per heavy atom. The molecule has 1 aliphatic heterocycles. The van der Waals surface area contributed by atoms with Crippen LogP contribution in [0.25, 0.3) is 10.9 Å². The number of nitrogens with zero attached hydrogens (tertiary/aromatic N) is 4. The third kappa shape index (κ3) is 3.97. The second-order valence-corrected chi connectivity index (χ2v) is 7.31. The highest BCUT2D eigenvalue weighted by molar-refractivity contribution is 6.13. The van der Waals surface area contributed by atoms with E-state index in [0.29, 0.717) is 28.9 Å². The van der Waals surface area contributed by atoms with Crippen LogP contribution in [0.15, 0.2) is 42.9 Å². The first-order valence-corrected chi connectivity index (χ1v) is 9.61. The lowest BCUT2D eigenvalue weighted by Gasteiger charge is -2.38. The Balaban J connectivity index is 1.77. The van der Waals surface area contributed by atoms with Gasteiger partial charge in [0.2, 0.25) is 0 Å². The number of piperazine rings is 1. The highest BCUT2D eigenvalue weighted by atomic mass is 16.5. The second kappa shape index (κ2) is 8.00. The average molecular weight is 392 g/mol. The number of carbonyl (C=O) groups is 1. The van der Waals surface area contributed by atoms with Gasteiger partial charge in [0.1, 0.15) is 0 Å². The molecular weight excluding hydrogens is 368 g/mol. The van der Waals surface area contributed by atoms with Gasteiger partial charge < -0.3 is 20.3 Å². The predicted octanol–water partition coefficient (Wildman–Crippen LogP) is 2.47. The normalized spacial score (nSPS) is 19.2. The van der Waals surface area contributed by atoms with Crippen molar-refractivity contribution in [1.82, 2.24) is 20.3 Å². The van der Waals surface area contributed by atoms with Crippen LogP contribution >= 0.6 is 0 Å². The molecule has 0 radical (unpaired) electrons. The molecule has 1 fully saturated rings. The fraction of sp³-hybridized carbons (Fsp3) is 0.333. The number of aromatic nitrogens is 3. The molecular formula is C21H24N6O2. The highest BCUT2D eigenvalue weighted by Gasteiger charge is 2.24. The molecule has 0 saturated carbocycles. The molecule has 0 aliphatic carbocycles. The first-order chi connectivity index (χ1) is 14.0. The van der Waals surface area contributed by atoms with Crippen molar-refractivity contribution < 1.29 is 9.53 Å². The molecule has 3 aromatic rings. The summed E-state index contributed by atoms with van der Waals surface area (Å²) in [7, 11) is 1.52. The van der Waals surface area contributed by atoms with Crippen LogP contribution in [0.4, 0.5) is 11.4 Å². The number of carbonyl (C=O) groups excluding carboxylic acids is 1. The molecule has 3 heterocycles. The number of anilines is 2. The standard InChI is InChI=1S/C21H24N6O2/c1-13-11-27(12-14(2)24-13)18-5-4-16(19-17(18)10-23-21(26-19)29-3)20(28)25-15-6-8-22-9-7-15/h4-10,13-14,24H,11-12H2,1-3H3,(H,22,25,28)/t13-,14+. The molecule has 1 aliphatic rings. The Kier molecular flexibility index (Phi) is 5.26. The van der Waals surface area contributed by atoms with Crippen LogP contribution in [-0.4, -0.2) is 53.1 Å². The van der Waals surface area contributed by atoms with E-state index in [-0.39, 0.29) is 11.9 Å². The number of ether oxygens (including phenoxy) is 1. The average Bonchev–Trinajstić information content (AvgIpc) is 2.72. The van der Waals surface area contributed by atoms with Gasteiger partial charge in [-0.2, -0.15) is 4.98 Å². The van der Waals surface area contributed by atoms with E-state index in [1.165, 1.54) is 7.11 Å². The molecule has 2 aromatic heterocycles. The number of pyridine rings is 1. The van der Waals surface area contributed by atoms with Gasteiger partial charge in [-0.25, -0.2) is 4.98 Å². The van der Waals surface area contributed by atoms with Crippen molar-refractivity contribution in [3.05, 3.63) is 48.4 Å². The van der Waals surface area contributed by atoms with Gasteiger partial charge in [0.15, 0.2) is 0 Å². The highest BCUT2D eigenvalue weighted by Crippen LogP contribution is 2.30. The van der Waals surface area contributed by atoms with Gasteiger partial charge in [0, 0.05) is 60.5 Å². The minimum atomic E-state index is -0.240. The summed E-state index contributed by atoms with van der Waals surface area (Å²) in [4.78, 5) is 28.0. The SMILES string of the molecule is COc1ncc2c(N3C[C@@H](C)N[C@@H](C)C3)ccc(C(=O)Nc3ccncc3)c2n1. The van der Waals surface area contributed by atoms with Crippen LogP contribution in [0.2, 0.25) is 0 Å². The maximum absolute atomic E-state index is 13.0. The summed E-state index contributed by atoms with van der Waals surface area (Å²) in [5.74, 6) is -0.240. The maximum Gasteiger partial charge on any atom is 0.316 e. The summed E-state index contributed by atoms with van der Waals surface area (Å²) in [5.41, 5.74) is 2.73. The molecule has 4 rings (SSSR count). The number of hydrogen-bond acceptors (Lipinski definition) is 7. The minimum Gasteiger partial charge on any atom is -0.467 e. The monoisotopic (exact) mass is 392 g/mol. The van der Waals surface area contributed by atoms with Gasteiger partial charge in [-0.1, -0.05) is 0 Å². The van der Waals surface area contributed by atoms with Crippen molar-refractivity contribution in [1.29, 1.82) is 0 Å². The van der Waals surface area contributed by atoms with Crippen LogP contribution < -0.4 is 20.3 Å². The van der Waals surface area contributed by atoms with Crippen molar-refractivity contribution in [3.8, 4) is 6.01 Å². The molecule has 0 spiro atoms. The third-order valence-electron chi connectivity index (χ3n) is 4.97. The smallest absolute Gasteiger partial charge is 0.316 e. The molecule has 2 N–H and O–H groups in total. The molecule has 0 bridgehead atoms. The number of fused-ring (bicyclic) bond motifs is 1. The van der Waals surface area contributed by atoms with E-state index in [1.807, 2.05) is 12.1 Å². The van der Waals surface area contributed by atoms with Crippen LogP contribution in [0, 0.1) is 0 Å². The first-order valence-electron chi connectivity index (χ1n) is 9.61. The van der Waals surface area contributed by atoms with E-state index in [2.05, 4.69) is 44.3 Å². The summed E-state index contributed by atoms with van der Waals surface area (Å²) < 4.78 is 5.21. The fourth-order valence-corrected chi connectivity index (χ4v) is 3.80. The van der Waals surface area contributed by atoms with Crippen molar-refractivity contribution in [3.63, 3.8) is 0 Å². The molecule has 29 heavy (non-hydrogen) atoms. The zero-order chi connectivity index (χ0) is 20.4. The number of amides is 1. The summed E-state index contributed by atoms with van der Waals surface area (Å²) in [6.45, 7) is 6.07. The van der Waals surface area contributed by atoms with Crippen molar-refractivity contribution >= 4 is 28.2 Å². The number of nitrogens with one attached hydrogen (secondary N) is 2. The van der Waals surface area contributed by atoms with Crippen LogP contribution in [0.3, 0.4) is 0 Å². The molecule has 150 valence electrons. The van der Waals surface area contributed by atoms with E-state index < -0.39 is 0 Å². The Morgan fingerprint density at radius 3 is 2.59 bits per heavy atom. The molecule has 1 saturated heterocycles. The van der Waals surface area contributed by atoms with Crippen LogP contribution in [0.1, 0.15) is 24.2 Å². The lowest BCUT2D eigenvalue weighted by molar-refractivity contribution is 0.102. The lowest BCUT2D eigenvalue weighted by Crippen LogP contribution is -2.54. The second-order valence-electron chi connectivity index (χ2n) is 7.31. The summed E-state index contributed by atoms with van der Waals surface area (Å²) in [6, 6.07) is 8.24. The van der Waals surface area contributed by atoms with Crippen molar-refractivity contribution in [2.75, 3.05) is 30.4 Å². The molecule has 0 unspecified atom stereocenters. The minimum absolute atomic E-state index is 0.231. The zero-order valence-electron chi connectivity index (χ0n) is 16.7. The van der Waals surface area contributed by atoms with E-state index in [9.17, 15) is 4.79 Å². The van der Waals surface area contributed by atoms with Crippen LogP contribution in [0.5, 0.6) is 6.01 Å². The van der Waals surface area contributed by atoms with Gasteiger partial charge >= 0.3 is 6.01 Å². The van der Waals surface area contributed by atoms with Crippen LogP contribution in [-0.2, 0) is 0 Å². The molecule has 2 atom stereocenters. The molecule has 1 aromatic carbocycles. The Bertz CT molecular complexity index is 1020. The third-order valence-corrected chi connectivity index (χ3v) is 4.97. The van der Waals surface area contributed by atoms with Gasteiger partial charge in [-0.05, 0) is 38.1 Å². The van der Waals surface area contributed by atoms with Crippen molar-refractivity contribution in [2.24, 2.45) is 0 Å². The Morgan fingerprint density at radius 1 is 1.17 bits per heavy atom. The number of hydrogen-bond donors (Lipinski definition) is 2. The first kappa shape index (κ1) is 19.1. The lowest BCUT2D eigenvalue weighted by atomic mass is 10.0. The summed E-state index contributed by atoms with van der Waals surface area (Å²) in [5, 5.41) is 7.27. The van der Waals surface area contributed by atoms with E-state index in [4.69, 9.17) is 4.74 Å². The Labute approximate surface area is 169 Å². The molecule has 8 heteroatoms. The van der Waals surface area contributed by atoms with E-state index in [1.54, 1.807) is 30.7 Å². The summed E-state index contributed by atoms with van der Waals surface area (Å²) >= 11 is 0. The van der Waals surface area contributed by atoms with Gasteiger partial charge in [-0.15, -0.1) is 0 Å². The van der Waals surface area contributed by atoms with E-state index >= 15 is 0 Å². The van der Waals surface area contributed by atoms with Gasteiger partial charge in [0.25, 0.3) is 5.91 Å². The van der Waals surface area contributed by atoms with Gasteiger partial charge in [0.05, 0.1) is 18.2 Å². The van der Waals surface area contributed by atoms with Crippen molar-refractivity contribution in [2.45, 2.75) is 25.9 Å². The quantitative estimate of drug-likeness (QED) is 0.705. The number of methoxy groups -OCH3 is 1. The van der Waals surface area contributed by atoms with Gasteiger partial charge in [-0.3, -0.25) is 9.78 Å². The molecule has 8 nitrogen and oxygen atoms in total. The number of benzene rings is 1. The summed E-state index contributed by atoms with van der Waals surface area (Å²) in [6.07, 6.45) is 5.00. The Hall–Kier alpha value is -3.26. The molecule has 1 amide bonds. The largest absolute Gasteiger partial charge is 0.467 e. The zero-order valence-corrected chi connectivity index (χ0v) is 16.7. The van der Waals surface area contributed by atoms with E-state index in [0.717, 1.165) is 24.2 Å². The predicted molar refractivity (Wildman–Crippen MR) is 113 cm³/mol. The topological polar surface area (TPSA) is 92.3 Å².